The van der Waals surface area contributed by atoms with Gasteiger partial charge in [-0.15, -0.1) is 0 Å². The first-order valence-electron chi connectivity index (χ1n) is 5.12. The lowest BCUT2D eigenvalue weighted by Crippen LogP contribution is -2.10. The van der Waals surface area contributed by atoms with Crippen LogP contribution < -0.4 is 5.32 Å². The van der Waals surface area contributed by atoms with E-state index in [2.05, 4.69) is 26.2 Å². The van der Waals surface area contributed by atoms with Crippen molar-refractivity contribution in [3.8, 4) is 0 Å². The maximum Gasteiger partial charge on any atom is 0.291 e. The number of hydrogen-bond acceptors (Lipinski definition) is 4. The number of hydrogen-bond donors (Lipinski definition) is 1. The molecule has 0 spiro atoms. The summed E-state index contributed by atoms with van der Waals surface area (Å²) in [6.45, 7) is 0. The van der Waals surface area contributed by atoms with Crippen molar-refractivity contribution in [2.75, 3.05) is 5.32 Å². The van der Waals surface area contributed by atoms with Gasteiger partial charge in [0.15, 0.2) is 22.4 Å². The molecule has 0 radical (unpaired) electrons. The quantitative estimate of drug-likeness (QED) is 0.787. The molecule has 18 heavy (non-hydrogen) atoms. The van der Waals surface area contributed by atoms with Crippen LogP contribution in [0.3, 0.4) is 0 Å². The fraction of sp³-hybridized carbons (Fsp3) is 0. The Bertz CT molecular complexity index is 717. The highest BCUT2D eigenvalue weighted by Gasteiger charge is 2.11. The third kappa shape index (κ3) is 2.02. The molecular weight excluding hydrogens is 300 g/mol. The monoisotopic (exact) mass is 306 g/mol. The van der Waals surface area contributed by atoms with Crippen LogP contribution in [0.1, 0.15) is 10.6 Å². The molecule has 3 aromatic rings. The van der Waals surface area contributed by atoms with Crippen LogP contribution in [-0.4, -0.2) is 10.9 Å². The van der Waals surface area contributed by atoms with E-state index in [1.54, 1.807) is 30.3 Å². The molecule has 6 heteroatoms. The number of carbonyl (C=O) groups excluding carboxylic acids is 1. The van der Waals surface area contributed by atoms with Crippen molar-refractivity contribution >= 4 is 38.6 Å². The summed E-state index contributed by atoms with van der Waals surface area (Å²) < 4.78 is 10.8. The zero-order valence-electron chi connectivity index (χ0n) is 9.01. The van der Waals surface area contributed by atoms with E-state index < -0.39 is 0 Å². The topological polar surface area (TPSA) is 68.3 Å². The highest BCUT2D eigenvalue weighted by Crippen LogP contribution is 2.19. The largest absolute Gasteiger partial charge is 0.444 e. The molecule has 0 unspecified atom stereocenters. The number of furan rings is 1. The van der Waals surface area contributed by atoms with Crippen LogP contribution in [0.4, 0.5) is 5.69 Å². The second-order valence-corrected chi connectivity index (χ2v) is 4.37. The van der Waals surface area contributed by atoms with Gasteiger partial charge in [0.1, 0.15) is 5.52 Å². The Morgan fingerprint density at radius 3 is 2.94 bits per heavy atom. The molecule has 2 heterocycles. The fourth-order valence-corrected chi connectivity index (χ4v) is 1.87. The number of oxazole rings is 1. The Balaban J connectivity index is 1.85. The van der Waals surface area contributed by atoms with E-state index >= 15 is 0 Å². The summed E-state index contributed by atoms with van der Waals surface area (Å²) in [6.07, 6.45) is 1.36. The van der Waals surface area contributed by atoms with Crippen molar-refractivity contribution in [3.05, 3.63) is 47.2 Å². The van der Waals surface area contributed by atoms with Crippen LogP contribution in [0.25, 0.3) is 11.1 Å². The lowest BCUT2D eigenvalue weighted by molar-refractivity contribution is 0.0995. The van der Waals surface area contributed by atoms with Gasteiger partial charge in [-0.2, -0.15) is 0 Å². The number of fused-ring (bicyclic) bond motifs is 1. The van der Waals surface area contributed by atoms with E-state index in [1.807, 2.05) is 0 Å². The average molecular weight is 307 g/mol. The molecule has 0 saturated heterocycles. The number of anilines is 1. The molecule has 0 aliphatic carbocycles. The summed E-state index contributed by atoms with van der Waals surface area (Å²) in [5, 5.41) is 2.71. The maximum absolute atomic E-state index is 11.8. The van der Waals surface area contributed by atoms with Crippen LogP contribution in [0, 0.1) is 0 Å². The van der Waals surface area contributed by atoms with E-state index in [4.69, 9.17) is 8.83 Å². The number of carbonyl (C=O) groups is 1. The van der Waals surface area contributed by atoms with Gasteiger partial charge in [-0.3, -0.25) is 4.79 Å². The first kappa shape index (κ1) is 11.0. The zero-order valence-corrected chi connectivity index (χ0v) is 10.6. The Hall–Kier alpha value is -2.08. The van der Waals surface area contributed by atoms with Gasteiger partial charge in [0.25, 0.3) is 5.91 Å². The van der Waals surface area contributed by atoms with E-state index in [0.29, 0.717) is 15.9 Å². The van der Waals surface area contributed by atoms with E-state index in [0.717, 1.165) is 5.52 Å². The summed E-state index contributed by atoms with van der Waals surface area (Å²) in [4.78, 5) is 15.8. The number of benzene rings is 1. The van der Waals surface area contributed by atoms with Crippen LogP contribution >= 0.6 is 15.9 Å². The highest BCUT2D eigenvalue weighted by atomic mass is 79.9. The standard InChI is InChI=1S/C12H7BrN2O3/c13-11-4-3-9(18-11)12(16)15-7-1-2-8-10(5-7)17-6-14-8/h1-6H,(H,15,16). The molecule has 0 bridgehead atoms. The van der Waals surface area contributed by atoms with Crippen molar-refractivity contribution in [1.29, 1.82) is 0 Å². The minimum atomic E-state index is -0.320. The molecule has 0 aliphatic rings. The molecule has 0 atom stereocenters. The van der Waals surface area contributed by atoms with Gasteiger partial charge in [-0.25, -0.2) is 4.98 Å². The first-order chi connectivity index (χ1) is 8.72. The van der Waals surface area contributed by atoms with Gasteiger partial charge in [0.2, 0.25) is 0 Å². The summed E-state index contributed by atoms with van der Waals surface area (Å²) in [7, 11) is 0. The highest BCUT2D eigenvalue weighted by molar-refractivity contribution is 9.10. The second-order valence-electron chi connectivity index (χ2n) is 3.59. The number of rotatable bonds is 2. The summed E-state index contributed by atoms with van der Waals surface area (Å²) in [5.74, 6) is -0.0842. The Labute approximate surface area is 110 Å². The van der Waals surface area contributed by atoms with Gasteiger partial charge in [-0.1, -0.05) is 0 Å². The third-order valence-corrected chi connectivity index (χ3v) is 2.81. The number of nitrogens with zero attached hydrogens (tertiary/aromatic N) is 1. The molecule has 0 fully saturated rings. The van der Waals surface area contributed by atoms with E-state index in [-0.39, 0.29) is 11.7 Å². The molecule has 3 rings (SSSR count). The van der Waals surface area contributed by atoms with Gasteiger partial charge in [-0.05, 0) is 40.2 Å². The Morgan fingerprint density at radius 2 is 2.17 bits per heavy atom. The molecule has 5 nitrogen and oxygen atoms in total. The number of aromatic nitrogens is 1. The van der Waals surface area contributed by atoms with Crippen LogP contribution in [-0.2, 0) is 0 Å². The molecule has 1 aromatic carbocycles. The summed E-state index contributed by atoms with van der Waals surface area (Å²) in [6, 6.07) is 8.48. The molecular formula is C12H7BrN2O3. The van der Waals surface area contributed by atoms with E-state index in [1.165, 1.54) is 6.39 Å². The van der Waals surface area contributed by atoms with Gasteiger partial charge < -0.3 is 14.2 Å². The summed E-state index contributed by atoms with van der Waals surface area (Å²) in [5.41, 5.74) is 1.99. The molecule has 0 saturated carbocycles. The Morgan fingerprint density at radius 1 is 1.28 bits per heavy atom. The molecule has 1 amide bonds. The normalized spacial score (nSPS) is 10.7. The van der Waals surface area contributed by atoms with Crippen molar-refractivity contribution in [2.45, 2.75) is 0 Å². The average Bonchev–Trinajstić information content (AvgIpc) is 2.96. The minimum Gasteiger partial charge on any atom is -0.444 e. The molecule has 2 aromatic heterocycles. The predicted octanol–water partition coefficient (Wildman–Crippen LogP) is 3.44. The molecule has 90 valence electrons. The zero-order chi connectivity index (χ0) is 12.5. The lowest BCUT2D eigenvalue weighted by Gasteiger charge is -2.02. The van der Waals surface area contributed by atoms with Crippen molar-refractivity contribution in [1.82, 2.24) is 4.98 Å². The minimum absolute atomic E-state index is 0.236. The first-order valence-corrected chi connectivity index (χ1v) is 5.91. The lowest BCUT2D eigenvalue weighted by atomic mass is 10.3. The number of halogens is 1. The SMILES string of the molecule is O=C(Nc1ccc2ncoc2c1)c1ccc(Br)o1. The maximum atomic E-state index is 11.8. The van der Waals surface area contributed by atoms with Crippen LogP contribution in [0.5, 0.6) is 0 Å². The van der Waals surface area contributed by atoms with Crippen LogP contribution in [0.2, 0.25) is 0 Å². The van der Waals surface area contributed by atoms with Crippen molar-refractivity contribution < 1.29 is 13.6 Å². The summed E-state index contributed by atoms with van der Waals surface area (Å²) >= 11 is 3.14. The van der Waals surface area contributed by atoms with Gasteiger partial charge >= 0.3 is 0 Å². The van der Waals surface area contributed by atoms with Gasteiger partial charge in [0.05, 0.1) is 0 Å². The van der Waals surface area contributed by atoms with Crippen LogP contribution in [0.15, 0.2) is 50.2 Å². The van der Waals surface area contributed by atoms with E-state index in [9.17, 15) is 4.79 Å². The predicted molar refractivity (Wildman–Crippen MR) is 68.4 cm³/mol. The third-order valence-electron chi connectivity index (χ3n) is 2.39. The Kier molecular flexibility index (Phi) is 2.64. The van der Waals surface area contributed by atoms with Gasteiger partial charge in [0, 0.05) is 11.8 Å². The smallest absolute Gasteiger partial charge is 0.291 e. The number of nitrogens with one attached hydrogen (secondary N) is 1. The second kappa shape index (κ2) is 4.30. The molecule has 1 N–H and O–H groups in total. The van der Waals surface area contributed by atoms with Crippen molar-refractivity contribution in [2.24, 2.45) is 0 Å². The molecule has 0 aliphatic heterocycles. The number of amides is 1. The van der Waals surface area contributed by atoms with Crippen molar-refractivity contribution in [3.63, 3.8) is 0 Å². The fourth-order valence-electron chi connectivity index (χ4n) is 1.56.